The van der Waals surface area contributed by atoms with Crippen molar-refractivity contribution < 1.29 is 0 Å². The van der Waals surface area contributed by atoms with Crippen LogP contribution in [0.15, 0.2) is 22.8 Å². The number of halogens is 1. The van der Waals surface area contributed by atoms with Crippen LogP contribution in [0.25, 0.3) is 5.69 Å². The molecule has 2 aromatic heterocycles. The van der Waals surface area contributed by atoms with Crippen molar-refractivity contribution in [1.29, 1.82) is 0 Å². The zero-order chi connectivity index (χ0) is 13.3. The summed E-state index contributed by atoms with van der Waals surface area (Å²) in [5.41, 5.74) is 9.86. The molecule has 1 unspecified atom stereocenters. The molecule has 0 aliphatic rings. The van der Waals surface area contributed by atoms with Gasteiger partial charge in [0.15, 0.2) is 0 Å². The summed E-state index contributed by atoms with van der Waals surface area (Å²) < 4.78 is 2.92. The largest absolute Gasteiger partial charge is 0.323 e. The molecular weight excluding hydrogens is 292 g/mol. The van der Waals surface area contributed by atoms with Crippen LogP contribution in [-0.2, 0) is 0 Å². The van der Waals surface area contributed by atoms with Crippen LogP contribution in [0.3, 0.4) is 0 Å². The van der Waals surface area contributed by atoms with Gasteiger partial charge in [-0.15, -0.1) is 0 Å². The Morgan fingerprint density at radius 3 is 2.56 bits per heavy atom. The molecule has 2 heterocycles. The fourth-order valence-electron chi connectivity index (χ4n) is 1.83. The third kappa shape index (κ3) is 2.33. The summed E-state index contributed by atoms with van der Waals surface area (Å²) in [7, 11) is 0. The van der Waals surface area contributed by atoms with Crippen molar-refractivity contribution in [2.75, 3.05) is 0 Å². The Balaban J connectivity index is 2.37. The van der Waals surface area contributed by atoms with Crippen LogP contribution in [0.1, 0.15) is 36.5 Å². The van der Waals surface area contributed by atoms with E-state index < -0.39 is 0 Å². The van der Waals surface area contributed by atoms with Gasteiger partial charge in [-0.2, -0.15) is 5.10 Å². The van der Waals surface area contributed by atoms with Gasteiger partial charge in [0.05, 0.1) is 33.4 Å². The number of nitrogens with two attached hydrogens (primary N) is 1. The smallest absolute Gasteiger partial charge is 0.0832 e. The van der Waals surface area contributed by atoms with Gasteiger partial charge in [-0.25, -0.2) is 4.68 Å². The van der Waals surface area contributed by atoms with Crippen LogP contribution in [0.2, 0.25) is 0 Å². The first-order chi connectivity index (χ1) is 8.54. The SMILES string of the molecule is CCC(N)c1ccc(-n2nc(C)c(Br)c2C)cn1. The second kappa shape index (κ2) is 5.20. The molecule has 0 radical (unpaired) electrons. The highest BCUT2D eigenvalue weighted by Gasteiger charge is 2.11. The molecule has 5 heteroatoms. The van der Waals surface area contributed by atoms with Crippen molar-refractivity contribution in [3.05, 3.63) is 39.9 Å². The number of hydrogen-bond acceptors (Lipinski definition) is 3. The molecule has 2 rings (SSSR count). The lowest BCUT2D eigenvalue weighted by Crippen LogP contribution is -2.11. The first-order valence-corrected chi connectivity index (χ1v) is 6.77. The van der Waals surface area contributed by atoms with E-state index in [4.69, 9.17) is 5.73 Å². The number of hydrogen-bond donors (Lipinski definition) is 1. The van der Waals surface area contributed by atoms with Crippen molar-refractivity contribution in [2.24, 2.45) is 5.73 Å². The summed E-state index contributed by atoms with van der Waals surface area (Å²) in [6.07, 6.45) is 2.70. The summed E-state index contributed by atoms with van der Waals surface area (Å²) in [5.74, 6) is 0. The third-order valence-corrected chi connectivity index (χ3v) is 4.19. The monoisotopic (exact) mass is 308 g/mol. The van der Waals surface area contributed by atoms with Crippen molar-refractivity contribution in [2.45, 2.75) is 33.2 Å². The van der Waals surface area contributed by atoms with E-state index in [1.165, 1.54) is 0 Å². The van der Waals surface area contributed by atoms with Crippen molar-refractivity contribution in [3.8, 4) is 5.69 Å². The molecule has 0 aromatic carbocycles. The minimum Gasteiger partial charge on any atom is -0.323 e. The molecular formula is C13H17BrN4. The third-order valence-electron chi connectivity index (χ3n) is 3.04. The lowest BCUT2D eigenvalue weighted by molar-refractivity contribution is 0.673. The zero-order valence-corrected chi connectivity index (χ0v) is 12.4. The van der Waals surface area contributed by atoms with Gasteiger partial charge in [0.2, 0.25) is 0 Å². The van der Waals surface area contributed by atoms with Crippen LogP contribution in [0, 0.1) is 13.8 Å². The lowest BCUT2D eigenvalue weighted by atomic mass is 10.1. The maximum Gasteiger partial charge on any atom is 0.0832 e. The van der Waals surface area contributed by atoms with Crippen LogP contribution >= 0.6 is 15.9 Å². The molecule has 4 nitrogen and oxygen atoms in total. The second-order valence-corrected chi connectivity index (χ2v) is 5.15. The van der Waals surface area contributed by atoms with E-state index in [0.717, 1.165) is 33.7 Å². The normalized spacial score (nSPS) is 12.7. The molecule has 0 aliphatic carbocycles. The van der Waals surface area contributed by atoms with Gasteiger partial charge < -0.3 is 5.73 Å². The molecule has 96 valence electrons. The number of pyridine rings is 1. The Hall–Kier alpha value is -1.20. The summed E-state index contributed by atoms with van der Waals surface area (Å²) in [4.78, 5) is 4.40. The Kier molecular flexibility index (Phi) is 3.82. The van der Waals surface area contributed by atoms with E-state index in [-0.39, 0.29) is 6.04 Å². The van der Waals surface area contributed by atoms with Crippen LogP contribution in [-0.4, -0.2) is 14.8 Å². The van der Waals surface area contributed by atoms with E-state index in [9.17, 15) is 0 Å². The van der Waals surface area contributed by atoms with Crippen molar-refractivity contribution in [1.82, 2.24) is 14.8 Å². The maximum absolute atomic E-state index is 5.95. The fourth-order valence-corrected chi connectivity index (χ4v) is 2.07. The van der Waals surface area contributed by atoms with Gasteiger partial charge in [0.1, 0.15) is 0 Å². The summed E-state index contributed by atoms with van der Waals surface area (Å²) in [6, 6.07) is 3.98. The first-order valence-electron chi connectivity index (χ1n) is 5.98. The van der Waals surface area contributed by atoms with Crippen LogP contribution in [0.4, 0.5) is 0 Å². The van der Waals surface area contributed by atoms with E-state index in [2.05, 4.69) is 32.9 Å². The quantitative estimate of drug-likeness (QED) is 0.948. The molecule has 0 saturated heterocycles. The zero-order valence-electron chi connectivity index (χ0n) is 10.8. The molecule has 2 N–H and O–H groups in total. The van der Waals surface area contributed by atoms with Crippen molar-refractivity contribution >= 4 is 15.9 Å². The van der Waals surface area contributed by atoms with Gasteiger partial charge in [-0.05, 0) is 48.3 Å². The predicted octanol–water partition coefficient (Wildman–Crippen LogP) is 3.06. The minimum absolute atomic E-state index is 0.00578. The minimum atomic E-state index is 0.00578. The molecule has 1 atom stereocenters. The Morgan fingerprint density at radius 2 is 2.11 bits per heavy atom. The van der Waals surface area contributed by atoms with Gasteiger partial charge in [0.25, 0.3) is 0 Å². The molecule has 0 aliphatic heterocycles. The molecule has 0 bridgehead atoms. The van der Waals surface area contributed by atoms with E-state index in [1.807, 2.05) is 36.9 Å². The predicted molar refractivity (Wildman–Crippen MR) is 75.8 cm³/mol. The lowest BCUT2D eigenvalue weighted by Gasteiger charge is -2.09. The van der Waals surface area contributed by atoms with E-state index in [1.54, 1.807) is 0 Å². The van der Waals surface area contributed by atoms with Gasteiger partial charge in [-0.3, -0.25) is 4.98 Å². The molecule has 0 fully saturated rings. The standard InChI is InChI=1S/C13H17BrN4/c1-4-11(15)12-6-5-10(7-16-12)18-9(3)13(14)8(2)17-18/h5-7,11H,4,15H2,1-3H3. The second-order valence-electron chi connectivity index (χ2n) is 4.35. The Morgan fingerprint density at radius 1 is 1.39 bits per heavy atom. The fraction of sp³-hybridized carbons (Fsp3) is 0.385. The number of nitrogens with zero attached hydrogens (tertiary/aromatic N) is 3. The molecule has 0 amide bonds. The highest BCUT2D eigenvalue weighted by molar-refractivity contribution is 9.10. The van der Waals surface area contributed by atoms with Crippen molar-refractivity contribution in [3.63, 3.8) is 0 Å². The van der Waals surface area contributed by atoms with Crippen LogP contribution in [0.5, 0.6) is 0 Å². The summed E-state index contributed by atoms with van der Waals surface area (Å²) >= 11 is 3.52. The number of aromatic nitrogens is 3. The number of rotatable bonds is 3. The van der Waals surface area contributed by atoms with E-state index >= 15 is 0 Å². The summed E-state index contributed by atoms with van der Waals surface area (Å²) in [5, 5.41) is 4.47. The Labute approximate surface area is 115 Å². The topological polar surface area (TPSA) is 56.7 Å². The molecule has 2 aromatic rings. The molecule has 0 spiro atoms. The Bertz CT molecular complexity index is 545. The van der Waals surface area contributed by atoms with Crippen LogP contribution < -0.4 is 5.73 Å². The average molecular weight is 309 g/mol. The van der Waals surface area contributed by atoms with Gasteiger partial charge in [-0.1, -0.05) is 6.92 Å². The highest BCUT2D eigenvalue weighted by atomic mass is 79.9. The average Bonchev–Trinajstić information content (AvgIpc) is 2.66. The highest BCUT2D eigenvalue weighted by Crippen LogP contribution is 2.23. The molecule has 18 heavy (non-hydrogen) atoms. The maximum atomic E-state index is 5.95. The molecule has 0 saturated carbocycles. The number of aryl methyl sites for hydroxylation is 1. The van der Waals surface area contributed by atoms with E-state index in [0.29, 0.717) is 0 Å². The van der Waals surface area contributed by atoms with Gasteiger partial charge in [0, 0.05) is 6.04 Å². The first kappa shape index (κ1) is 13.2. The summed E-state index contributed by atoms with van der Waals surface area (Å²) in [6.45, 7) is 6.05. The van der Waals surface area contributed by atoms with Gasteiger partial charge >= 0.3 is 0 Å².